The summed E-state index contributed by atoms with van der Waals surface area (Å²) in [6.07, 6.45) is 1.22. The van der Waals surface area contributed by atoms with E-state index in [1.54, 1.807) is 46.4 Å². The highest BCUT2D eigenvalue weighted by atomic mass is 16.6. The van der Waals surface area contributed by atoms with Gasteiger partial charge < -0.3 is 39.5 Å². The maximum absolute atomic E-state index is 13.3. The third kappa shape index (κ3) is 14.4. The van der Waals surface area contributed by atoms with Crippen LogP contribution in [0.3, 0.4) is 0 Å². The quantitative estimate of drug-likeness (QED) is 0.251. The Hall–Kier alpha value is -3.58. The molecule has 1 fully saturated rings. The Morgan fingerprint density at radius 2 is 1.40 bits per heavy atom. The summed E-state index contributed by atoms with van der Waals surface area (Å²) in [6, 6.07) is -0.583. The fourth-order valence-corrected chi connectivity index (χ4v) is 4.12. The first-order valence-electron chi connectivity index (χ1n) is 14.9. The number of carbonyl (C=O) groups excluding carboxylic acids is 4. The van der Waals surface area contributed by atoms with Gasteiger partial charge in [0.05, 0.1) is 6.54 Å². The number of carbonyl (C=O) groups is 4. The topological polar surface area (TPSA) is 174 Å². The molecule has 0 saturated carbocycles. The molecule has 0 spiro atoms. The molecule has 1 saturated heterocycles. The highest BCUT2D eigenvalue weighted by Crippen LogP contribution is 2.24. The molecule has 1 aliphatic heterocycles. The van der Waals surface area contributed by atoms with Crippen LogP contribution in [0.1, 0.15) is 112 Å². The number of unbranched alkanes of at least 4 members (excludes halogenated alkanes) is 1. The van der Waals surface area contributed by atoms with E-state index in [2.05, 4.69) is 26.1 Å². The standard InChI is InChI=1S/C29H50N6O8/c1-27(2,3)41-24(37)30-15-11-10-12-20(23-34-33-21(40-23)18-31-25(38)42-28(4,5)6)32-22(36)19-13-16-35(17-14-19)26(39)43-29(7,8)9/h19-20H,10-18H2,1-9H3,(H,30,37)(H,31,38)(H,32,36)/t20-/m0/s1. The van der Waals surface area contributed by atoms with Crippen molar-refractivity contribution < 1.29 is 37.8 Å². The molecule has 1 aliphatic rings. The molecule has 43 heavy (non-hydrogen) atoms. The van der Waals surface area contributed by atoms with Crippen LogP contribution in [0.4, 0.5) is 14.4 Å². The largest absolute Gasteiger partial charge is 0.444 e. The Morgan fingerprint density at radius 3 is 1.95 bits per heavy atom. The molecule has 2 heterocycles. The van der Waals surface area contributed by atoms with Crippen molar-refractivity contribution in [1.29, 1.82) is 0 Å². The van der Waals surface area contributed by atoms with Crippen molar-refractivity contribution in [3.05, 3.63) is 11.8 Å². The number of aromatic nitrogens is 2. The fourth-order valence-electron chi connectivity index (χ4n) is 4.12. The Morgan fingerprint density at radius 1 is 0.837 bits per heavy atom. The number of ether oxygens (including phenoxy) is 3. The fraction of sp³-hybridized carbons (Fsp3) is 0.793. The van der Waals surface area contributed by atoms with Gasteiger partial charge in [-0.15, -0.1) is 10.2 Å². The Labute approximate surface area is 254 Å². The van der Waals surface area contributed by atoms with Gasteiger partial charge in [-0.05, 0) is 94.4 Å². The van der Waals surface area contributed by atoms with Crippen LogP contribution in [-0.2, 0) is 25.5 Å². The van der Waals surface area contributed by atoms with Crippen molar-refractivity contribution in [1.82, 2.24) is 31.0 Å². The second kappa shape index (κ2) is 15.2. The zero-order valence-electron chi connectivity index (χ0n) is 27.1. The number of hydrogen-bond donors (Lipinski definition) is 3. The normalized spacial score (nSPS) is 15.3. The Bertz CT molecular complexity index is 1080. The molecule has 14 heteroatoms. The number of nitrogens with one attached hydrogen (secondary N) is 3. The summed E-state index contributed by atoms with van der Waals surface area (Å²) in [5.41, 5.74) is -1.83. The molecule has 0 bridgehead atoms. The Balaban J connectivity index is 1.98. The number of amides is 4. The first kappa shape index (κ1) is 35.6. The minimum atomic E-state index is -0.652. The van der Waals surface area contributed by atoms with E-state index in [1.807, 2.05) is 20.8 Å². The summed E-state index contributed by atoms with van der Waals surface area (Å²) >= 11 is 0. The van der Waals surface area contributed by atoms with Gasteiger partial charge in [0, 0.05) is 25.6 Å². The van der Waals surface area contributed by atoms with Crippen molar-refractivity contribution in [2.75, 3.05) is 19.6 Å². The summed E-state index contributed by atoms with van der Waals surface area (Å²) in [6.45, 7) is 17.3. The third-order valence-corrected chi connectivity index (χ3v) is 5.99. The number of nitrogens with zero attached hydrogens (tertiary/aromatic N) is 3. The average molecular weight is 611 g/mol. The summed E-state index contributed by atoms with van der Waals surface area (Å²) in [5.74, 6) is -0.100. The van der Waals surface area contributed by atoms with Crippen molar-refractivity contribution >= 4 is 24.2 Å². The van der Waals surface area contributed by atoms with Crippen LogP contribution in [0.15, 0.2) is 4.42 Å². The van der Waals surface area contributed by atoms with E-state index in [4.69, 9.17) is 18.6 Å². The van der Waals surface area contributed by atoms with E-state index in [0.717, 1.165) is 0 Å². The first-order chi connectivity index (χ1) is 19.8. The monoisotopic (exact) mass is 610 g/mol. The van der Waals surface area contributed by atoms with Gasteiger partial charge in [-0.25, -0.2) is 14.4 Å². The van der Waals surface area contributed by atoms with Crippen LogP contribution in [-0.4, -0.2) is 75.7 Å². The van der Waals surface area contributed by atoms with E-state index in [0.29, 0.717) is 51.7 Å². The van der Waals surface area contributed by atoms with Gasteiger partial charge in [0.25, 0.3) is 0 Å². The zero-order chi connectivity index (χ0) is 32.4. The zero-order valence-corrected chi connectivity index (χ0v) is 27.1. The minimum Gasteiger partial charge on any atom is -0.444 e. The summed E-state index contributed by atoms with van der Waals surface area (Å²) in [5, 5.41) is 16.5. The van der Waals surface area contributed by atoms with Crippen molar-refractivity contribution in [2.24, 2.45) is 5.92 Å². The van der Waals surface area contributed by atoms with Gasteiger partial charge in [0.1, 0.15) is 22.8 Å². The molecule has 4 amide bonds. The van der Waals surface area contributed by atoms with E-state index >= 15 is 0 Å². The lowest BCUT2D eigenvalue weighted by Gasteiger charge is -2.33. The van der Waals surface area contributed by atoms with E-state index in [9.17, 15) is 19.2 Å². The molecule has 0 aliphatic carbocycles. The minimum absolute atomic E-state index is 0.0362. The van der Waals surface area contributed by atoms with Crippen LogP contribution >= 0.6 is 0 Å². The summed E-state index contributed by atoms with van der Waals surface area (Å²) < 4.78 is 21.7. The predicted molar refractivity (Wildman–Crippen MR) is 157 cm³/mol. The van der Waals surface area contributed by atoms with Crippen molar-refractivity contribution in [2.45, 2.75) is 124 Å². The lowest BCUT2D eigenvalue weighted by atomic mass is 9.95. The summed E-state index contributed by atoms with van der Waals surface area (Å²) in [7, 11) is 0. The lowest BCUT2D eigenvalue weighted by molar-refractivity contribution is -0.127. The highest BCUT2D eigenvalue weighted by molar-refractivity contribution is 5.79. The lowest BCUT2D eigenvalue weighted by Crippen LogP contribution is -2.45. The first-order valence-corrected chi connectivity index (χ1v) is 14.9. The third-order valence-electron chi connectivity index (χ3n) is 5.99. The molecule has 14 nitrogen and oxygen atoms in total. The Kier molecular flexibility index (Phi) is 12.6. The van der Waals surface area contributed by atoms with E-state index in [-0.39, 0.29) is 36.2 Å². The van der Waals surface area contributed by atoms with Crippen molar-refractivity contribution in [3.8, 4) is 0 Å². The molecule has 1 aromatic heterocycles. The molecule has 0 aromatic carbocycles. The number of rotatable bonds is 10. The molecule has 244 valence electrons. The maximum atomic E-state index is 13.3. The predicted octanol–water partition coefficient (Wildman–Crippen LogP) is 4.59. The number of piperidine rings is 1. The molecule has 2 rings (SSSR count). The van der Waals surface area contributed by atoms with Crippen LogP contribution in [0.2, 0.25) is 0 Å². The van der Waals surface area contributed by atoms with E-state index < -0.39 is 35.0 Å². The number of alkyl carbamates (subject to hydrolysis) is 2. The molecule has 0 radical (unpaired) electrons. The van der Waals surface area contributed by atoms with Crippen LogP contribution in [0.5, 0.6) is 0 Å². The van der Waals surface area contributed by atoms with Gasteiger partial charge >= 0.3 is 18.3 Å². The second-order valence-electron chi connectivity index (χ2n) is 13.6. The number of likely N-dealkylation sites (tertiary alicyclic amines) is 1. The van der Waals surface area contributed by atoms with E-state index in [1.165, 1.54) is 0 Å². The molecular weight excluding hydrogens is 560 g/mol. The van der Waals surface area contributed by atoms with Gasteiger partial charge in [-0.3, -0.25) is 4.79 Å². The average Bonchev–Trinajstić information content (AvgIpc) is 3.32. The molecule has 3 N–H and O–H groups in total. The SMILES string of the molecule is CC(C)(C)OC(=O)NCCCC[C@H](NC(=O)C1CCN(C(=O)OC(C)(C)C)CC1)c1nnc(CNC(=O)OC(C)(C)C)o1. The number of hydrogen-bond acceptors (Lipinski definition) is 10. The van der Waals surface area contributed by atoms with Gasteiger partial charge in [-0.1, -0.05) is 0 Å². The molecule has 1 atom stereocenters. The van der Waals surface area contributed by atoms with Crippen LogP contribution in [0.25, 0.3) is 0 Å². The maximum Gasteiger partial charge on any atom is 0.410 e. The van der Waals surface area contributed by atoms with Crippen molar-refractivity contribution in [3.63, 3.8) is 0 Å². The summed E-state index contributed by atoms with van der Waals surface area (Å²) in [4.78, 5) is 51.2. The second-order valence-corrected chi connectivity index (χ2v) is 13.6. The molecular formula is C29H50N6O8. The van der Waals surface area contributed by atoms with Crippen LogP contribution < -0.4 is 16.0 Å². The molecule has 0 unspecified atom stereocenters. The highest BCUT2D eigenvalue weighted by Gasteiger charge is 2.32. The smallest absolute Gasteiger partial charge is 0.410 e. The molecule has 1 aromatic rings. The van der Waals surface area contributed by atoms with Gasteiger partial charge in [0.2, 0.25) is 17.7 Å². The van der Waals surface area contributed by atoms with Crippen LogP contribution in [0, 0.1) is 5.92 Å². The van der Waals surface area contributed by atoms with Gasteiger partial charge in [0.15, 0.2) is 0 Å². The van der Waals surface area contributed by atoms with Gasteiger partial charge in [-0.2, -0.15) is 0 Å².